The molecular weight excluding hydrogens is 330 g/mol. The van der Waals surface area contributed by atoms with Crippen LogP contribution in [0.4, 0.5) is 21.5 Å². The number of nitrogens with one attached hydrogen (secondary N) is 1. The molecule has 2 rings (SSSR count). The van der Waals surface area contributed by atoms with Crippen LogP contribution < -0.4 is 11.1 Å². The summed E-state index contributed by atoms with van der Waals surface area (Å²) in [5.74, 6) is -0.269. The molecule has 0 amide bonds. The molecule has 0 aromatic heterocycles. The van der Waals surface area contributed by atoms with Crippen molar-refractivity contribution in [3.63, 3.8) is 0 Å². The van der Waals surface area contributed by atoms with E-state index in [0.717, 1.165) is 11.3 Å². The van der Waals surface area contributed by atoms with Crippen molar-refractivity contribution in [2.75, 3.05) is 11.1 Å². The number of hydrogen-bond donors (Lipinski definition) is 2. The lowest BCUT2D eigenvalue weighted by Gasteiger charge is -2.10. The van der Waals surface area contributed by atoms with Crippen molar-refractivity contribution in [3.8, 4) is 0 Å². The van der Waals surface area contributed by atoms with Gasteiger partial charge in [-0.25, -0.2) is 4.39 Å². The molecule has 88 valence electrons. The van der Waals surface area contributed by atoms with Crippen LogP contribution in [-0.4, -0.2) is 0 Å². The van der Waals surface area contributed by atoms with Gasteiger partial charge in [-0.3, -0.25) is 0 Å². The van der Waals surface area contributed by atoms with E-state index in [1.165, 1.54) is 6.07 Å². The molecule has 3 N–H and O–H groups in total. The summed E-state index contributed by atoms with van der Waals surface area (Å²) in [5.41, 5.74) is 9.01. The van der Waals surface area contributed by atoms with Gasteiger partial charge in [0.05, 0.1) is 14.9 Å². The summed E-state index contributed by atoms with van der Waals surface area (Å²) in [7, 11) is 0. The lowest BCUT2D eigenvalue weighted by Crippen LogP contribution is -1.98. The first-order chi connectivity index (χ1) is 8.06. The van der Waals surface area contributed by atoms with Crippen LogP contribution in [0.3, 0.4) is 0 Å². The minimum absolute atomic E-state index is 0.269. The van der Waals surface area contributed by atoms with Crippen LogP contribution in [0.2, 0.25) is 0 Å². The second-order valence-corrected chi connectivity index (χ2v) is 5.01. The summed E-state index contributed by atoms with van der Waals surface area (Å²) in [5, 5.41) is 3.11. The van der Waals surface area contributed by atoms with Crippen LogP contribution >= 0.6 is 22.6 Å². The molecule has 0 saturated heterocycles. The zero-order valence-corrected chi connectivity index (χ0v) is 11.5. The van der Waals surface area contributed by atoms with Gasteiger partial charge in [0, 0.05) is 11.8 Å². The SMILES string of the molecule is Cc1cccc(Nc2cc(F)c(I)cc2N)c1. The third-order valence-electron chi connectivity index (χ3n) is 2.39. The molecule has 0 heterocycles. The van der Waals surface area contributed by atoms with Gasteiger partial charge in [-0.05, 0) is 53.3 Å². The van der Waals surface area contributed by atoms with Crippen LogP contribution in [0.5, 0.6) is 0 Å². The zero-order chi connectivity index (χ0) is 12.4. The largest absolute Gasteiger partial charge is 0.397 e. The second kappa shape index (κ2) is 4.91. The van der Waals surface area contributed by atoms with E-state index in [-0.39, 0.29) is 5.82 Å². The number of aryl methyl sites for hydroxylation is 1. The first-order valence-corrected chi connectivity index (χ1v) is 6.22. The van der Waals surface area contributed by atoms with E-state index < -0.39 is 0 Å². The number of nitrogen functional groups attached to an aromatic ring is 1. The van der Waals surface area contributed by atoms with Gasteiger partial charge < -0.3 is 11.1 Å². The Morgan fingerprint density at radius 1 is 1.24 bits per heavy atom. The van der Waals surface area contributed by atoms with Gasteiger partial charge in [0.2, 0.25) is 0 Å². The predicted molar refractivity (Wildman–Crippen MR) is 78.0 cm³/mol. The fraction of sp³-hybridized carbons (Fsp3) is 0.0769. The molecule has 0 spiro atoms. The lowest BCUT2D eigenvalue weighted by molar-refractivity contribution is 0.621. The van der Waals surface area contributed by atoms with Crippen molar-refractivity contribution < 1.29 is 4.39 Å². The van der Waals surface area contributed by atoms with Crippen LogP contribution in [0.15, 0.2) is 36.4 Å². The highest BCUT2D eigenvalue weighted by Crippen LogP contribution is 2.27. The maximum Gasteiger partial charge on any atom is 0.138 e. The molecule has 0 aliphatic heterocycles. The number of rotatable bonds is 2. The van der Waals surface area contributed by atoms with Crippen LogP contribution in [-0.2, 0) is 0 Å². The van der Waals surface area contributed by atoms with Crippen LogP contribution in [0.25, 0.3) is 0 Å². The minimum Gasteiger partial charge on any atom is -0.397 e. The Kier molecular flexibility index (Phi) is 3.51. The molecule has 2 aromatic carbocycles. The predicted octanol–water partition coefficient (Wildman–Crippen LogP) is 4.06. The summed E-state index contributed by atoms with van der Waals surface area (Å²) in [6, 6.07) is 10.9. The van der Waals surface area contributed by atoms with Gasteiger partial charge >= 0.3 is 0 Å². The number of anilines is 3. The Morgan fingerprint density at radius 2 is 2.00 bits per heavy atom. The highest BCUT2D eigenvalue weighted by atomic mass is 127. The molecule has 0 bridgehead atoms. The molecule has 17 heavy (non-hydrogen) atoms. The molecule has 0 atom stereocenters. The number of benzene rings is 2. The Morgan fingerprint density at radius 3 is 2.71 bits per heavy atom. The summed E-state index contributed by atoms with van der Waals surface area (Å²) >= 11 is 1.92. The third-order valence-corrected chi connectivity index (χ3v) is 3.22. The molecule has 0 saturated carbocycles. The fourth-order valence-electron chi connectivity index (χ4n) is 1.55. The smallest absolute Gasteiger partial charge is 0.138 e. The van der Waals surface area contributed by atoms with Crippen molar-refractivity contribution in [3.05, 3.63) is 51.3 Å². The Labute approximate surface area is 113 Å². The number of hydrogen-bond acceptors (Lipinski definition) is 2. The maximum atomic E-state index is 13.4. The normalized spacial score (nSPS) is 10.3. The highest BCUT2D eigenvalue weighted by molar-refractivity contribution is 14.1. The van der Waals surface area contributed by atoms with Gasteiger partial charge in [-0.1, -0.05) is 12.1 Å². The summed E-state index contributed by atoms with van der Waals surface area (Å²) in [4.78, 5) is 0. The lowest BCUT2D eigenvalue weighted by atomic mass is 10.2. The first kappa shape index (κ1) is 12.2. The maximum absolute atomic E-state index is 13.4. The Balaban J connectivity index is 2.33. The van der Waals surface area contributed by atoms with Crippen molar-refractivity contribution in [1.29, 1.82) is 0 Å². The highest BCUT2D eigenvalue weighted by Gasteiger charge is 2.06. The van der Waals surface area contributed by atoms with E-state index in [4.69, 9.17) is 5.73 Å². The van der Waals surface area contributed by atoms with E-state index in [1.807, 2.05) is 53.8 Å². The Hall–Kier alpha value is -1.30. The molecule has 0 unspecified atom stereocenters. The number of nitrogens with two attached hydrogens (primary N) is 1. The standard InChI is InChI=1S/C13H12FIN2/c1-8-3-2-4-9(5-8)17-13-6-10(14)11(15)7-12(13)16/h2-7,17H,16H2,1H3. The fourth-order valence-corrected chi connectivity index (χ4v) is 2.04. The summed E-state index contributed by atoms with van der Waals surface area (Å²) in [6.07, 6.45) is 0. The topological polar surface area (TPSA) is 38.0 Å². The van der Waals surface area contributed by atoms with E-state index in [2.05, 4.69) is 5.32 Å². The molecule has 2 aromatic rings. The second-order valence-electron chi connectivity index (χ2n) is 3.85. The van der Waals surface area contributed by atoms with Gasteiger partial charge in [-0.15, -0.1) is 0 Å². The average Bonchev–Trinajstić information content (AvgIpc) is 2.26. The van der Waals surface area contributed by atoms with Gasteiger partial charge in [0.25, 0.3) is 0 Å². The van der Waals surface area contributed by atoms with Gasteiger partial charge in [-0.2, -0.15) is 0 Å². The summed E-state index contributed by atoms with van der Waals surface area (Å²) in [6.45, 7) is 2.00. The third kappa shape index (κ3) is 2.88. The Bertz CT molecular complexity index is 555. The quantitative estimate of drug-likeness (QED) is 0.638. The molecular formula is C13H12FIN2. The van der Waals surface area contributed by atoms with Crippen molar-refractivity contribution in [2.24, 2.45) is 0 Å². The van der Waals surface area contributed by atoms with Crippen LogP contribution in [0.1, 0.15) is 5.56 Å². The first-order valence-electron chi connectivity index (χ1n) is 5.14. The van der Waals surface area contributed by atoms with E-state index in [1.54, 1.807) is 6.07 Å². The molecule has 2 nitrogen and oxygen atoms in total. The van der Waals surface area contributed by atoms with Gasteiger partial charge in [0.1, 0.15) is 5.82 Å². The van der Waals surface area contributed by atoms with Crippen molar-refractivity contribution >= 4 is 39.7 Å². The zero-order valence-electron chi connectivity index (χ0n) is 9.30. The van der Waals surface area contributed by atoms with Crippen molar-refractivity contribution in [1.82, 2.24) is 0 Å². The number of halogens is 2. The van der Waals surface area contributed by atoms with Crippen molar-refractivity contribution in [2.45, 2.75) is 6.92 Å². The molecule has 4 heteroatoms. The molecule has 0 aliphatic rings. The van der Waals surface area contributed by atoms with E-state index in [9.17, 15) is 4.39 Å². The molecule has 0 fully saturated rings. The van der Waals surface area contributed by atoms with E-state index >= 15 is 0 Å². The summed E-state index contributed by atoms with van der Waals surface area (Å²) < 4.78 is 14.0. The monoisotopic (exact) mass is 342 g/mol. The molecule has 0 aliphatic carbocycles. The average molecular weight is 342 g/mol. The molecule has 0 radical (unpaired) electrons. The van der Waals surface area contributed by atoms with E-state index in [0.29, 0.717) is 14.9 Å². The van der Waals surface area contributed by atoms with Gasteiger partial charge in [0.15, 0.2) is 0 Å². The minimum atomic E-state index is -0.269. The van der Waals surface area contributed by atoms with Crippen LogP contribution in [0, 0.1) is 16.3 Å².